The van der Waals surface area contributed by atoms with Crippen LogP contribution in [0.3, 0.4) is 0 Å². The molecule has 0 saturated carbocycles. The average Bonchev–Trinajstić information content (AvgIpc) is 2.54. The van der Waals surface area contributed by atoms with E-state index in [1.165, 1.54) is 6.47 Å². The number of halogens is 2. The lowest BCUT2D eigenvalue weighted by molar-refractivity contribution is -0.155. The first-order valence-corrected chi connectivity index (χ1v) is 7.81. The number of rotatable bonds is 6. The molecular formula is C16H11ClIO4. The van der Waals surface area contributed by atoms with Crippen molar-refractivity contribution in [3.8, 4) is 0 Å². The first-order chi connectivity index (χ1) is 10.6. The van der Waals surface area contributed by atoms with Crippen molar-refractivity contribution < 1.29 is 19.1 Å². The number of hydrogen-bond acceptors (Lipinski definition) is 4. The van der Waals surface area contributed by atoms with Crippen LogP contribution in [0.1, 0.15) is 22.8 Å². The van der Waals surface area contributed by atoms with Crippen LogP contribution in [-0.4, -0.2) is 12.4 Å². The lowest BCUT2D eigenvalue weighted by Gasteiger charge is -2.17. The lowest BCUT2D eigenvalue weighted by Crippen LogP contribution is -2.19. The van der Waals surface area contributed by atoms with Crippen molar-refractivity contribution in [3.05, 3.63) is 69.3 Å². The molecule has 1 radical (unpaired) electrons. The van der Waals surface area contributed by atoms with Crippen molar-refractivity contribution in [2.75, 3.05) is 0 Å². The summed E-state index contributed by atoms with van der Waals surface area (Å²) >= 11 is 8.19. The molecule has 0 N–H and O–H groups in total. The maximum atomic E-state index is 12.2. The van der Waals surface area contributed by atoms with E-state index in [2.05, 4.69) is 22.6 Å². The van der Waals surface area contributed by atoms with Gasteiger partial charge in [-0.3, -0.25) is 0 Å². The first-order valence-electron chi connectivity index (χ1n) is 6.29. The quantitative estimate of drug-likeness (QED) is 0.397. The molecule has 22 heavy (non-hydrogen) atoms. The van der Waals surface area contributed by atoms with Gasteiger partial charge in [-0.25, -0.2) is 9.59 Å². The third-order valence-corrected chi connectivity index (χ3v) is 3.89. The predicted octanol–water partition coefficient (Wildman–Crippen LogP) is 3.90. The smallest absolute Gasteiger partial charge is 0.418 e. The molecular weight excluding hydrogens is 419 g/mol. The van der Waals surface area contributed by atoms with Crippen LogP contribution >= 0.6 is 34.2 Å². The van der Waals surface area contributed by atoms with Gasteiger partial charge in [0.2, 0.25) is 11.7 Å². The summed E-state index contributed by atoms with van der Waals surface area (Å²) in [5.41, 5.74) is 0.162. The van der Waals surface area contributed by atoms with Crippen molar-refractivity contribution in [3.63, 3.8) is 0 Å². The Morgan fingerprint density at radius 3 is 2.27 bits per heavy atom. The standard InChI is InChI=1S/C16H11ClIO4/c17-15(12-4-2-1-3-5-12)22-16(20)14(21-10-19)11-6-8-13(18)9-7-11/h1-9,14-15H. The summed E-state index contributed by atoms with van der Waals surface area (Å²) in [7, 11) is 0. The molecule has 2 atom stereocenters. The number of hydrogen-bond donors (Lipinski definition) is 0. The van der Waals surface area contributed by atoms with E-state index in [9.17, 15) is 9.59 Å². The van der Waals surface area contributed by atoms with Gasteiger partial charge >= 0.3 is 12.4 Å². The number of esters is 1. The molecule has 2 unspecified atom stereocenters. The normalized spacial score (nSPS) is 13.0. The Hall–Kier alpha value is -1.60. The van der Waals surface area contributed by atoms with Gasteiger partial charge in [0.05, 0.1) is 0 Å². The van der Waals surface area contributed by atoms with Gasteiger partial charge in [-0.15, -0.1) is 0 Å². The van der Waals surface area contributed by atoms with Crippen LogP contribution < -0.4 is 0 Å². The average molecular weight is 430 g/mol. The lowest BCUT2D eigenvalue weighted by atomic mass is 10.1. The minimum absolute atomic E-state index is 0.491. The topological polar surface area (TPSA) is 52.6 Å². The summed E-state index contributed by atoms with van der Waals surface area (Å²) in [5, 5.41) is 0. The summed E-state index contributed by atoms with van der Waals surface area (Å²) in [6, 6.07) is 15.8. The van der Waals surface area contributed by atoms with Crippen molar-refractivity contribution in [2.45, 2.75) is 11.7 Å². The number of benzene rings is 2. The highest BCUT2D eigenvalue weighted by Crippen LogP contribution is 2.26. The molecule has 113 valence electrons. The van der Waals surface area contributed by atoms with Crippen molar-refractivity contribution in [1.82, 2.24) is 0 Å². The van der Waals surface area contributed by atoms with Gasteiger partial charge in [-0.05, 0) is 34.7 Å². The number of alkyl halides is 1. The molecule has 0 bridgehead atoms. The Labute approximate surface area is 146 Å². The monoisotopic (exact) mass is 429 g/mol. The highest BCUT2D eigenvalue weighted by atomic mass is 127. The highest BCUT2D eigenvalue weighted by Gasteiger charge is 2.27. The van der Waals surface area contributed by atoms with Gasteiger partial charge in [0.25, 0.3) is 0 Å². The summed E-state index contributed by atoms with van der Waals surface area (Å²) in [4.78, 5) is 22.7. The SMILES string of the molecule is O=[C]OC(C(=O)OC(Cl)c1ccccc1)c1ccc(I)cc1. The third-order valence-electron chi connectivity index (χ3n) is 2.83. The predicted molar refractivity (Wildman–Crippen MR) is 89.8 cm³/mol. The summed E-state index contributed by atoms with van der Waals surface area (Å²) in [5.74, 6) is -0.756. The van der Waals surface area contributed by atoms with E-state index in [-0.39, 0.29) is 0 Å². The van der Waals surface area contributed by atoms with Gasteiger partial charge in [0.15, 0.2) is 0 Å². The molecule has 0 heterocycles. The highest BCUT2D eigenvalue weighted by molar-refractivity contribution is 14.1. The van der Waals surface area contributed by atoms with Crippen LogP contribution in [0.5, 0.6) is 0 Å². The van der Waals surface area contributed by atoms with Crippen LogP contribution in [0, 0.1) is 3.57 Å². The van der Waals surface area contributed by atoms with E-state index in [1.807, 2.05) is 6.07 Å². The molecule has 2 rings (SSSR count). The zero-order valence-corrected chi connectivity index (χ0v) is 14.2. The first kappa shape index (κ1) is 16.8. The Bertz CT molecular complexity index is 630. The molecule has 6 heteroatoms. The van der Waals surface area contributed by atoms with E-state index in [0.29, 0.717) is 11.1 Å². The zero-order chi connectivity index (χ0) is 15.9. The maximum absolute atomic E-state index is 12.2. The molecule has 0 aliphatic rings. The number of carbonyl (C=O) groups excluding carboxylic acids is 2. The zero-order valence-electron chi connectivity index (χ0n) is 11.2. The molecule has 0 spiro atoms. The molecule has 0 fully saturated rings. The van der Waals surface area contributed by atoms with E-state index in [4.69, 9.17) is 21.1 Å². The second-order valence-electron chi connectivity index (χ2n) is 4.30. The Morgan fingerprint density at radius 2 is 1.68 bits per heavy atom. The van der Waals surface area contributed by atoms with Crippen LogP contribution in [0.25, 0.3) is 0 Å². The fraction of sp³-hybridized carbons (Fsp3) is 0.125. The van der Waals surface area contributed by atoms with Gasteiger partial charge in [-0.1, -0.05) is 54.1 Å². The third kappa shape index (κ3) is 4.45. The van der Waals surface area contributed by atoms with Crippen LogP contribution in [0.4, 0.5) is 0 Å². The van der Waals surface area contributed by atoms with E-state index in [0.717, 1.165) is 3.57 Å². The minimum Gasteiger partial charge on any atom is -0.438 e. The van der Waals surface area contributed by atoms with E-state index >= 15 is 0 Å². The maximum Gasteiger partial charge on any atom is 0.418 e. The van der Waals surface area contributed by atoms with Crippen LogP contribution in [0.15, 0.2) is 54.6 Å². The summed E-state index contributed by atoms with van der Waals surface area (Å²) < 4.78 is 10.9. The minimum atomic E-state index is -1.19. The molecule has 0 aliphatic heterocycles. The van der Waals surface area contributed by atoms with Crippen molar-refractivity contribution in [1.29, 1.82) is 0 Å². The Morgan fingerprint density at radius 1 is 1.05 bits per heavy atom. The van der Waals surface area contributed by atoms with Crippen molar-refractivity contribution in [2.24, 2.45) is 0 Å². The molecule has 0 aliphatic carbocycles. The van der Waals surface area contributed by atoms with Gasteiger partial charge < -0.3 is 9.47 Å². The molecule has 2 aromatic carbocycles. The molecule has 0 amide bonds. The summed E-state index contributed by atoms with van der Waals surface area (Å²) in [6.07, 6.45) is -1.19. The van der Waals surface area contributed by atoms with Crippen LogP contribution in [-0.2, 0) is 19.1 Å². The fourth-order valence-electron chi connectivity index (χ4n) is 1.77. The Kier molecular flexibility index (Phi) is 6.21. The second kappa shape index (κ2) is 8.14. The number of carbonyl (C=O) groups is 1. The van der Waals surface area contributed by atoms with Crippen LogP contribution in [0.2, 0.25) is 0 Å². The molecule has 4 nitrogen and oxygen atoms in total. The van der Waals surface area contributed by atoms with Gasteiger partial charge in [0.1, 0.15) is 0 Å². The largest absolute Gasteiger partial charge is 0.438 e. The summed E-state index contributed by atoms with van der Waals surface area (Å²) in [6.45, 7) is 1.28. The van der Waals surface area contributed by atoms with E-state index < -0.39 is 17.6 Å². The van der Waals surface area contributed by atoms with E-state index in [1.54, 1.807) is 48.5 Å². The molecule has 2 aromatic rings. The van der Waals surface area contributed by atoms with Gasteiger partial charge in [0, 0.05) is 14.7 Å². The van der Waals surface area contributed by atoms with Crippen molar-refractivity contribution >= 4 is 46.6 Å². The fourth-order valence-corrected chi connectivity index (χ4v) is 2.37. The van der Waals surface area contributed by atoms with Gasteiger partial charge in [-0.2, -0.15) is 0 Å². The molecule has 0 aromatic heterocycles. The molecule has 0 saturated heterocycles. The number of ether oxygens (including phenoxy) is 2. The Balaban J connectivity index is 2.13. The second-order valence-corrected chi connectivity index (χ2v) is 5.94.